The Kier molecular flexibility index (Phi) is 7.46. The minimum Gasteiger partial charge on any atom is -0.478 e. The summed E-state index contributed by atoms with van der Waals surface area (Å²) in [5.74, 6) is -2.89. The maximum Gasteiger partial charge on any atom is 0.374 e. The molecule has 10 nitrogen and oxygen atoms in total. The molecule has 1 aromatic heterocycles. The van der Waals surface area contributed by atoms with Crippen LogP contribution in [0.3, 0.4) is 0 Å². The Labute approximate surface area is 170 Å². The molecule has 0 fully saturated rings. The highest BCUT2D eigenvalue weighted by Crippen LogP contribution is 2.35. The Hall–Kier alpha value is -2.79. The molecule has 0 saturated heterocycles. The zero-order valence-electron chi connectivity index (χ0n) is 15.4. The van der Waals surface area contributed by atoms with Gasteiger partial charge in [-0.3, -0.25) is 0 Å². The van der Waals surface area contributed by atoms with Crippen molar-refractivity contribution < 1.29 is 46.2 Å². The fourth-order valence-corrected chi connectivity index (χ4v) is 3.29. The van der Waals surface area contributed by atoms with Gasteiger partial charge in [0.15, 0.2) is 24.5 Å². The van der Waals surface area contributed by atoms with E-state index in [-0.39, 0.29) is 34.8 Å². The van der Waals surface area contributed by atoms with Crippen molar-refractivity contribution in [2.75, 3.05) is 26.4 Å². The molecule has 1 aromatic carbocycles. The summed E-state index contributed by atoms with van der Waals surface area (Å²) in [6.07, 6.45) is 0. The number of carbonyl (C=O) groups excluding carboxylic acids is 3. The van der Waals surface area contributed by atoms with Gasteiger partial charge in [0.2, 0.25) is 5.76 Å². The Balaban J connectivity index is 2.36. The largest absolute Gasteiger partial charge is 0.478 e. The van der Waals surface area contributed by atoms with Gasteiger partial charge in [0, 0.05) is 22.1 Å². The van der Waals surface area contributed by atoms with Crippen LogP contribution in [0.25, 0.3) is 11.0 Å². The molecule has 0 atom stereocenters. The number of benzene rings is 1. The standard InChI is InChI=1S/C17H17ClO10S/c1-3-24-14(19)8-26-11-5-6-13(29(18,22)23)10-7-12(28-16(10)11)17(21)27-9-15(20)25-4-2/h5-7H,3-4,8-9H2,1-2H3. The first kappa shape index (κ1) is 22.5. The van der Waals surface area contributed by atoms with Crippen molar-refractivity contribution in [3.8, 4) is 5.75 Å². The van der Waals surface area contributed by atoms with Gasteiger partial charge < -0.3 is 23.4 Å². The first-order valence-corrected chi connectivity index (χ1v) is 10.6. The molecule has 2 aromatic rings. The summed E-state index contributed by atoms with van der Waals surface area (Å²) in [4.78, 5) is 34.6. The van der Waals surface area contributed by atoms with Crippen LogP contribution in [-0.4, -0.2) is 52.8 Å². The number of hydrogen-bond donors (Lipinski definition) is 0. The molecule has 0 spiro atoms. The van der Waals surface area contributed by atoms with Crippen molar-refractivity contribution in [2.45, 2.75) is 18.7 Å². The van der Waals surface area contributed by atoms with Crippen molar-refractivity contribution in [3.05, 3.63) is 24.0 Å². The van der Waals surface area contributed by atoms with E-state index in [1.807, 2.05) is 0 Å². The third-order valence-electron chi connectivity index (χ3n) is 3.35. The van der Waals surface area contributed by atoms with Crippen molar-refractivity contribution in [1.82, 2.24) is 0 Å². The van der Waals surface area contributed by atoms with Gasteiger partial charge in [-0.2, -0.15) is 0 Å². The minimum absolute atomic E-state index is 0.0263. The topological polar surface area (TPSA) is 135 Å². The average Bonchev–Trinajstić information content (AvgIpc) is 3.09. The van der Waals surface area contributed by atoms with Gasteiger partial charge in [-0.15, -0.1) is 0 Å². The van der Waals surface area contributed by atoms with E-state index in [1.165, 1.54) is 6.07 Å². The smallest absolute Gasteiger partial charge is 0.374 e. The summed E-state index contributed by atoms with van der Waals surface area (Å²) in [7, 11) is 1.23. The molecule has 0 amide bonds. The van der Waals surface area contributed by atoms with Gasteiger partial charge >= 0.3 is 17.9 Å². The summed E-state index contributed by atoms with van der Waals surface area (Å²) in [5, 5.41) is -0.0653. The molecule has 29 heavy (non-hydrogen) atoms. The highest BCUT2D eigenvalue weighted by Gasteiger charge is 2.24. The summed E-state index contributed by atoms with van der Waals surface area (Å²) < 4.78 is 48.4. The molecule has 0 radical (unpaired) electrons. The van der Waals surface area contributed by atoms with E-state index >= 15 is 0 Å². The van der Waals surface area contributed by atoms with Crippen LogP contribution in [0.4, 0.5) is 0 Å². The van der Waals surface area contributed by atoms with E-state index in [0.29, 0.717) is 0 Å². The van der Waals surface area contributed by atoms with Crippen LogP contribution >= 0.6 is 10.7 Å². The number of fused-ring (bicyclic) bond motifs is 1. The van der Waals surface area contributed by atoms with Crippen LogP contribution < -0.4 is 4.74 Å². The second-order valence-corrected chi connectivity index (χ2v) is 7.86. The predicted molar refractivity (Wildman–Crippen MR) is 98.3 cm³/mol. The SMILES string of the molecule is CCOC(=O)COC(=O)c1cc2c(S(=O)(=O)Cl)ccc(OCC(=O)OCC)c2o1. The van der Waals surface area contributed by atoms with Gasteiger partial charge in [-0.1, -0.05) is 0 Å². The fraction of sp³-hybridized carbons (Fsp3) is 0.353. The molecule has 0 aliphatic rings. The maximum atomic E-state index is 12.1. The van der Waals surface area contributed by atoms with E-state index in [2.05, 4.69) is 4.74 Å². The molecular weight excluding hydrogens is 432 g/mol. The van der Waals surface area contributed by atoms with Crippen LogP contribution in [0.1, 0.15) is 24.4 Å². The number of halogens is 1. The lowest BCUT2D eigenvalue weighted by Crippen LogP contribution is -2.16. The molecule has 1 heterocycles. The lowest BCUT2D eigenvalue weighted by molar-refractivity contribution is -0.147. The number of esters is 3. The summed E-state index contributed by atoms with van der Waals surface area (Å²) in [6.45, 7) is 2.34. The number of carbonyl (C=O) groups is 3. The monoisotopic (exact) mass is 448 g/mol. The summed E-state index contributed by atoms with van der Waals surface area (Å²) >= 11 is 0. The lowest BCUT2D eigenvalue weighted by atomic mass is 10.2. The molecule has 12 heteroatoms. The highest BCUT2D eigenvalue weighted by molar-refractivity contribution is 8.14. The van der Waals surface area contributed by atoms with Gasteiger partial charge in [-0.05, 0) is 26.0 Å². The Morgan fingerprint density at radius 1 is 1.00 bits per heavy atom. The van der Waals surface area contributed by atoms with Crippen molar-refractivity contribution in [1.29, 1.82) is 0 Å². The average molecular weight is 449 g/mol. The number of ether oxygens (including phenoxy) is 4. The molecule has 0 unspecified atom stereocenters. The number of furan rings is 1. The molecule has 0 aliphatic heterocycles. The number of hydrogen-bond acceptors (Lipinski definition) is 10. The lowest BCUT2D eigenvalue weighted by Gasteiger charge is -2.07. The molecule has 0 bridgehead atoms. The van der Waals surface area contributed by atoms with Crippen molar-refractivity contribution in [2.24, 2.45) is 0 Å². The van der Waals surface area contributed by atoms with Crippen LogP contribution in [0.15, 0.2) is 27.5 Å². The molecule has 0 saturated carbocycles. The first-order valence-electron chi connectivity index (χ1n) is 8.29. The van der Waals surface area contributed by atoms with E-state index < -0.39 is 45.9 Å². The first-order chi connectivity index (χ1) is 13.7. The highest BCUT2D eigenvalue weighted by atomic mass is 35.7. The zero-order valence-corrected chi connectivity index (χ0v) is 17.0. The van der Waals surface area contributed by atoms with E-state index in [9.17, 15) is 22.8 Å². The quantitative estimate of drug-likeness (QED) is 0.318. The fourth-order valence-electron chi connectivity index (χ4n) is 2.24. The van der Waals surface area contributed by atoms with Crippen molar-refractivity contribution >= 4 is 48.6 Å². The van der Waals surface area contributed by atoms with Gasteiger partial charge in [0.25, 0.3) is 9.05 Å². The normalized spacial score (nSPS) is 11.1. The second kappa shape index (κ2) is 9.61. The van der Waals surface area contributed by atoms with Gasteiger partial charge in [0.05, 0.1) is 18.1 Å². The second-order valence-electron chi connectivity index (χ2n) is 5.33. The van der Waals surface area contributed by atoms with Crippen LogP contribution in [-0.2, 0) is 32.9 Å². The predicted octanol–water partition coefficient (Wildman–Crippen LogP) is 2.02. The summed E-state index contributed by atoms with van der Waals surface area (Å²) in [5.41, 5.74) is -0.154. The third kappa shape index (κ3) is 5.84. The molecule has 0 N–H and O–H groups in total. The minimum atomic E-state index is -4.19. The number of rotatable bonds is 9. The zero-order chi connectivity index (χ0) is 21.6. The molecule has 0 aliphatic carbocycles. The van der Waals surface area contributed by atoms with E-state index in [1.54, 1.807) is 13.8 Å². The van der Waals surface area contributed by atoms with Crippen LogP contribution in [0, 0.1) is 0 Å². The summed E-state index contributed by atoms with van der Waals surface area (Å²) in [6, 6.07) is 3.43. The molecular formula is C17H17ClO10S. The third-order valence-corrected chi connectivity index (χ3v) is 4.73. The van der Waals surface area contributed by atoms with Gasteiger partial charge in [0.1, 0.15) is 0 Å². The van der Waals surface area contributed by atoms with E-state index in [4.69, 9.17) is 29.3 Å². The van der Waals surface area contributed by atoms with E-state index in [0.717, 1.165) is 12.1 Å². The molecule has 2 rings (SSSR count). The van der Waals surface area contributed by atoms with Crippen LogP contribution in [0.2, 0.25) is 0 Å². The Bertz CT molecular complexity index is 1020. The van der Waals surface area contributed by atoms with Crippen LogP contribution in [0.5, 0.6) is 5.75 Å². The Morgan fingerprint density at radius 2 is 1.62 bits per heavy atom. The van der Waals surface area contributed by atoms with Gasteiger partial charge in [-0.25, -0.2) is 22.8 Å². The molecule has 158 valence electrons. The maximum absolute atomic E-state index is 12.1. The Morgan fingerprint density at radius 3 is 2.21 bits per heavy atom. The van der Waals surface area contributed by atoms with Crippen molar-refractivity contribution in [3.63, 3.8) is 0 Å².